The van der Waals surface area contributed by atoms with Crippen LogP contribution in [0.5, 0.6) is 0 Å². The second kappa shape index (κ2) is 14.5. The molecule has 0 bridgehead atoms. The first-order valence-corrected chi connectivity index (χ1v) is 14.0. The maximum absolute atomic E-state index is 13.8. The van der Waals surface area contributed by atoms with Crippen LogP contribution >= 0.6 is 0 Å². The first kappa shape index (κ1) is 29.2. The van der Waals surface area contributed by atoms with Crippen LogP contribution in [0.4, 0.5) is 4.79 Å². The SMILES string of the molecule is CCOC(=O)NC(=NC(CC1CCCCC1)C(=O)NC1(C#N)CCN(C)CC1)N1CCCC(COC)C1. The van der Waals surface area contributed by atoms with Crippen LogP contribution < -0.4 is 10.6 Å². The number of nitrogens with zero attached hydrogens (tertiary/aromatic N) is 4. The molecule has 2 N–H and O–H groups in total. The zero-order valence-electron chi connectivity index (χ0n) is 23.0. The topological polar surface area (TPSA) is 119 Å². The highest BCUT2D eigenvalue weighted by Crippen LogP contribution is 2.29. The van der Waals surface area contributed by atoms with E-state index in [1.807, 2.05) is 11.9 Å². The Labute approximate surface area is 222 Å². The molecule has 3 aliphatic rings. The van der Waals surface area contributed by atoms with Gasteiger partial charge in [0, 0.05) is 33.3 Å². The van der Waals surface area contributed by atoms with Gasteiger partial charge in [-0.05, 0) is 57.9 Å². The molecule has 1 saturated carbocycles. The van der Waals surface area contributed by atoms with Crippen molar-refractivity contribution in [3.63, 3.8) is 0 Å². The number of nitrogens with one attached hydrogen (secondary N) is 2. The van der Waals surface area contributed by atoms with Crippen molar-refractivity contribution in [2.45, 2.75) is 82.7 Å². The average Bonchev–Trinajstić information content (AvgIpc) is 2.90. The van der Waals surface area contributed by atoms with Gasteiger partial charge in [0.25, 0.3) is 0 Å². The number of hydrogen-bond donors (Lipinski definition) is 2. The quantitative estimate of drug-likeness (QED) is 0.375. The Hall–Kier alpha value is -2.38. The lowest BCUT2D eigenvalue weighted by Crippen LogP contribution is -2.56. The van der Waals surface area contributed by atoms with Crippen LogP contribution in [0.3, 0.4) is 0 Å². The molecule has 10 heteroatoms. The largest absolute Gasteiger partial charge is 0.450 e. The third-order valence-corrected chi connectivity index (χ3v) is 7.99. The Bertz CT molecular complexity index is 812. The van der Waals surface area contributed by atoms with Gasteiger partial charge in [-0.2, -0.15) is 5.26 Å². The summed E-state index contributed by atoms with van der Waals surface area (Å²) in [5.74, 6) is 0.866. The van der Waals surface area contributed by atoms with E-state index < -0.39 is 17.7 Å². The molecule has 0 radical (unpaired) electrons. The number of methoxy groups -OCH3 is 1. The summed E-state index contributed by atoms with van der Waals surface area (Å²) in [6.07, 6.45) is 8.91. The minimum absolute atomic E-state index is 0.231. The average molecular weight is 519 g/mol. The molecule has 2 heterocycles. The van der Waals surface area contributed by atoms with Crippen LogP contribution in [0.1, 0.15) is 71.1 Å². The molecular weight excluding hydrogens is 472 g/mol. The summed E-state index contributed by atoms with van der Waals surface area (Å²) in [7, 11) is 3.73. The number of carbonyl (C=O) groups excluding carboxylic acids is 2. The lowest BCUT2D eigenvalue weighted by atomic mass is 9.84. The molecule has 3 rings (SSSR count). The van der Waals surface area contributed by atoms with Crippen LogP contribution in [-0.4, -0.2) is 92.9 Å². The van der Waals surface area contributed by atoms with Crippen molar-refractivity contribution >= 4 is 18.0 Å². The number of carbonyl (C=O) groups is 2. The fourth-order valence-electron chi connectivity index (χ4n) is 5.77. The summed E-state index contributed by atoms with van der Waals surface area (Å²) < 4.78 is 10.6. The smallest absolute Gasteiger partial charge is 0.413 e. The molecule has 37 heavy (non-hydrogen) atoms. The Kier molecular flexibility index (Phi) is 11.5. The van der Waals surface area contributed by atoms with E-state index in [0.29, 0.717) is 50.2 Å². The Balaban J connectivity index is 1.87. The minimum atomic E-state index is -0.882. The van der Waals surface area contributed by atoms with Crippen LogP contribution in [-0.2, 0) is 14.3 Å². The van der Waals surface area contributed by atoms with Crippen molar-refractivity contribution in [3.05, 3.63) is 0 Å². The number of amides is 2. The maximum atomic E-state index is 13.8. The van der Waals surface area contributed by atoms with E-state index in [-0.39, 0.29) is 12.5 Å². The Morgan fingerprint density at radius 2 is 1.81 bits per heavy atom. The zero-order valence-corrected chi connectivity index (χ0v) is 23.0. The molecule has 2 saturated heterocycles. The third kappa shape index (κ3) is 8.85. The molecule has 2 unspecified atom stereocenters. The highest BCUT2D eigenvalue weighted by molar-refractivity contribution is 5.96. The highest BCUT2D eigenvalue weighted by atomic mass is 16.5. The highest BCUT2D eigenvalue weighted by Gasteiger charge is 2.38. The van der Waals surface area contributed by atoms with Crippen LogP contribution in [0, 0.1) is 23.2 Å². The molecule has 1 aliphatic carbocycles. The first-order valence-electron chi connectivity index (χ1n) is 14.0. The van der Waals surface area contributed by atoms with Crippen LogP contribution in [0.2, 0.25) is 0 Å². The van der Waals surface area contributed by atoms with Gasteiger partial charge in [0.05, 0.1) is 19.3 Å². The monoisotopic (exact) mass is 518 g/mol. The van der Waals surface area contributed by atoms with E-state index in [9.17, 15) is 14.9 Å². The summed E-state index contributed by atoms with van der Waals surface area (Å²) in [5.41, 5.74) is -0.882. The van der Waals surface area contributed by atoms with Gasteiger partial charge in [-0.1, -0.05) is 32.1 Å². The summed E-state index contributed by atoms with van der Waals surface area (Å²) in [5, 5.41) is 15.9. The number of ether oxygens (including phenoxy) is 2. The first-order chi connectivity index (χ1) is 17.9. The predicted octanol–water partition coefficient (Wildman–Crippen LogP) is 2.89. The molecule has 0 aromatic heterocycles. The summed E-state index contributed by atoms with van der Waals surface area (Å²) in [6.45, 7) is 5.57. The molecule has 0 aromatic rings. The molecule has 2 atom stereocenters. The predicted molar refractivity (Wildman–Crippen MR) is 142 cm³/mol. The van der Waals surface area contributed by atoms with Crippen molar-refractivity contribution in [3.8, 4) is 6.07 Å². The van der Waals surface area contributed by atoms with Crippen molar-refractivity contribution < 1.29 is 19.1 Å². The molecule has 10 nitrogen and oxygen atoms in total. The molecule has 3 fully saturated rings. The number of aliphatic imine (C=N–C) groups is 1. The van der Waals surface area contributed by atoms with Crippen molar-refractivity contribution in [1.82, 2.24) is 20.4 Å². The lowest BCUT2D eigenvalue weighted by molar-refractivity contribution is -0.124. The van der Waals surface area contributed by atoms with Gasteiger partial charge in [-0.3, -0.25) is 10.1 Å². The fraction of sp³-hybridized carbons (Fsp3) is 0.852. The van der Waals surface area contributed by atoms with Crippen LogP contribution in [0.15, 0.2) is 4.99 Å². The van der Waals surface area contributed by atoms with E-state index in [4.69, 9.17) is 14.5 Å². The molecule has 0 spiro atoms. The summed E-state index contributed by atoms with van der Waals surface area (Å²) >= 11 is 0. The van der Waals surface area contributed by atoms with Gasteiger partial charge < -0.3 is 24.6 Å². The second-order valence-electron chi connectivity index (χ2n) is 10.9. The lowest BCUT2D eigenvalue weighted by Gasteiger charge is -2.37. The van der Waals surface area contributed by atoms with Gasteiger partial charge in [0.1, 0.15) is 11.6 Å². The number of piperidine rings is 2. The minimum Gasteiger partial charge on any atom is -0.450 e. The van der Waals surface area contributed by atoms with E-state index in [1.54, 1.807) is 14.0 Å². The molecule has 208 valence electrons. The van der Waals surface area contributed by atoms with E-state index in [0.717, 1.165) is 58.2 Å². The number of nitriles is 1. The molecule has 0 aromatic carbocycles. The number of likely N-dealkylation sites (tertiary alicyclic amines) is 2. The maximum Gasteiger partial charge on any atom is 0.413 e. The fourth-order valence-corrected chi connectivity index (χ4v) is 5.77. The number of hydrogen-bond acceptors (Lipinski definition) is 7. The Morgan fingerprint density at radius 3 is 2.46 bits per heavy atom. The second-order valence-corrected chi connectivity index (χ2v) is 10.9. The van der Waals surface area contributed by atoms with Gasteiger partial charge >= 0.3 is 6.09 Å². The van der Waals surface area contributed by atoms with Gasteiger partial charge in [0.15, 0.2) is 0 Å². The van der Waals surface area contributed by atoms with Gasteiger partial charge in [-0.15, -0.1) is 0 Å². The van der Waals surface area contributed by atoms with E-state index >= 15 is 0 Å². The van der Waals surface area contributed by atoms with Crippen molar-refractivity contribution in [1.29, 1.82) is 5.26 Å². The Morgan fingerprint density at radius 1 is 1.11 bits per heavy atom. The summed E-state index contributed by atoms with van der Waals surface area (Å²) in [4.78, 5) is 35.4. The summed E-state index contributed by atoms with van der Waals surface area (Å²) in [6, 6.07) is 1.70. The van der Waals surface area contributed by atoms with Crippen molar-refractivity contribution in [2.75, 3.05) is 53.6 Å². The standard InChI is InChI=1S/C27H46N6O4/c1-4-37-26(35)30-25(33-14-8-11-22(18-33)19-36-3)29-23(17-21-9-6-5-7-10-21)24(34)31-27(20-28)12-15-32(2)16-13-27/h21-23H,4-19H2,1-3H3,(H,31,34)(H,29,30,35). The number of rotatable bonds is 8. The molecular formula is C27H46N6O4. The van der Waals surface area contributed by atoms with Crippen LogP contribution in [0.25, 0.3) is 0 Å². The van der Waals surface area contributed by atoms with Gasteiger partial charge in [-0.25, -0.2) is 9.79 Å². The van der Waals surface area contributed by atoms with Gasteiger partial charge in [0.2, 0.25) is 11.9 Å². The zero-order chi connectivity index (χ0) is 26.7. The van der Waals surface area contributed by atoms with E-state index in [1.165, 1.54) is 6.42 Å². The van der Waals surface area contributed by atoms with Crippen molar-refractivity contribution in [2.24, 2.45) is 16.8 Å². The third-order valence-electron chi connectivity index (χ3n) is 7.99. The normalized spacial score (nSPS) is 24.1. The molecule has 2 amide bonds. The van der Waals surface area contributed by atoms with E-state index in [2.05, 4.69) is 21.6 Å². The molecule has 2 aliphatic heterocycles. The number of guanidine groups is 1. The number of alkyl carbamates (subject to hydrolysis) is 1.